The van der Waals surface area contributed by atoms with Crippen LogP contribution in [-0.2, 0) is 19.1 Å². The first-order valence-electron chi connectivity index (χ1n) is 11.0. The summed E-state index contributed by atoms with van der Waals surface area (Å²) in [5, 5.41) is 11.8. The number of carbonyl (C=O) groups is 3. The lowest BCUT2D eigenvalue weighted by molar-refractivity contribution is -0.146. The minimum Gasteiger partial charge on any atom is -0.480 e. The lowest BCUT2D eigenvalue weighted by Crippen LogP contribution is -2.55. The Morgan fingerprint density at radius 3 is 2.21 bits per heavy atom. The van der Waals surface area contributed by atoms with Gasteiger partial charge in [-0.05, 0) is 35.4 Å². The molecule has 0 heterocycles. The van der Waals surface area contributed by atoms with E-state index in [1.165, 1.54) is 23.8 Å². The molecule has 0 aromatic heterocycles. The second-order valence-electron chi connectivity index (χ2n) is 8.03. The van der Waals surface area contributed by atoms with Crippen molar-refractivity contribution in [2.45, 2.75) is 25.0 Å². The van der Waals surface area contributed by atoms with Crippen LogP contribution in [0.1, 0.15) is 24.0 Å². The van der Waals surface area contributed by atoms with Crippen LogP contribution < -0.4 is 5.32 Å². The largest absolute Gasteiger partial charge is 0.480 e. The van der Waals surface area contributed by atoms with Gasteiger partial charge in [0, 0.05) is 25.3 Å². The molecular weight excluding hydrogens is 456 g/mol. The van der Waals surface area contributed by atoms with Crippen LogP contribution in [-0.4, -0.2) is 78.9 Å². The second kappa shape index (κ2) is 11.9. The fraction of sp³-hybridized carbons (Fsp3) is 0.400. The number of aliphatic carboxylic acids is 1. The van der Waals surface area contributed by atoms with Crippen molar-refractivity contribution in [2.24, 2.45) is 0 Å². The van der Waals surface area contributed by atoms with Crippen molar-refractivity contribution in [1.29, 1.82) is 0 Å². The number of hydrogen-bond donors (Lipinski definition) is 2. The SMILES string of the molecule is CO[C@H](C)[C@H](NC(=O)OCC1c2ccccc2-c2ccccc21)C(=O)N(CCSC)CC(=O)O. The van der Waals surface area contributed by atoms with E-state index in [4.69, 9.17) is 9.47 Å². The molecule has 0 saturated carbocycles. The molecule has 0 unspecified atom stereocenters. The first-order chi connectivity index (χ1) is 16.4. The van der Waals surface area contributed by atoms with E-state index >= 15 is 0 Å². The molecule has 2 N–H and O–H groups in total. The number of rotatable bonds is 11. The third-order valence-electron chi connectivity index (χ3n) is 5.93. The van der Waals surface area contributed by atoms with Gasteiger partial charge in [-0.25, -0.2) is 4.79 Å². The highest BCUT2D eigenvalue weighted by molar-refractivity contribution is 7.98. The maximum Gasteiger partial charge on any atom is 0.407 e. The van der Waals surface area contributed by atoms with Crippen molar-refractivity contribution in [1.82, 2.24) is 10.2 Å². The molecule has 2 aromatic rings. The number of nitrogens with one attached hydrogen (secondary N) is 1. The van der Waals surface area contributed by atoms with Gasteiger partial charge >= 0.3 is 12.1 Å². The average molecular weight is 487 g/mol. The Morgan fingerprint density at radius 2 is 1.68 bits per heavy atom. The standard InChI is InChI=1S/C25H30N2O6S/c1-16(32-2)23(24(30)27(12-13-34-3)14-22(28)29)26-25(31)33-15-21-19-10-6-4-8-17(19)18-9-5-7-11-20(18)21/h4-11,16,21,23H,12-15H2,1-3H3,(H,26,31)(H,28,29)/t16-,23+/m1/s1. The van der Waals surface area contributed by atoms with Crippen molar-refractivity contribution in [3.63, 3.8) is 0 Å². The van der Waals surface area contributed by atoms with Gasteiger partial charge in [0.2, 0.25) is 5.91 Å². The molecule has 1 aliphatic carbocycles. The zero-order valence-electron chi connectivity index (χ0n) is 19.5. The van der Waals surface area contributed by atoms with Gasteiger partial charge in [0.1, 0.15) is 19.2 Å². The fourth-order valence-electron chi connectivity index (χ4n) is 4.11. The number of carbonyl (C=O) groups excluding carboxylic acids is 2. The van der Waals surface area contributed by atoms with Crippen molar-refractivity contribution >= 4 is 29.7 Å². The summed E-state index contributed by atoms with van der Waals surface area (Å²) in [6.45, 7) is 1.53. The Kier molecular flexibility index (Phi) is 8.95. The molecule has 0 fully saturated rings. The van der Waals surface area contributed by atoms with Crippen LogP contribution in [0.2, 0.25) is 0 Å². The van der Waals surface area contributed by atoms with Crippen molar-refractivity contribution < 1.29 is 29.0 Å². The summed E-state index contributed by atoms with van der Waals surface area (Å²) >= 11 is 1.50. The zero-order chi connectivity index (χ0) is 24.7. The van der Waals surface area contributed by atoms with Gasteiger partial charge in [0.15, 0.2) is 0 Å². The second-order valence-corrected chi connectivity index (χ2v) is 9.02. The number of thioether (sulfide) groups is 1. The fourth-order valence-corrected chi connectivity index (χ4v) is 4.51. The van der Waals surface area contributed by atoms with Crippen LogP contribution in [0.4, 0.5) is 4.79 Å². The van der Waals surface area contributed by atoms with Crippen LogP contribution in [0.5, 0.6) is 0 Å². The number of fused-ring (bicyclic) bond motifs is 3. The molecule has 8 nitrogen and oxygen atoms in total. The molecule has 34 heavy (non-hydrogen) atoms. The van der Waals surface area contributed by atoms with Crippen LogP contribution in [0, 0.1) is 0 Å². The van der Waals surface area contributed by atoms with Crippen molar-refractivity contribution in [3.8, 4) is 11.1 Å². The van der Waals surface area contributed by atoms with Gasteiger partial charge < -0.3 is 24.8 Å². The summed E-state index contributed by atoms with van der Waals surface area (Å²) in [4.78, 5) is 38.3. The normalized spacial score (nSPS) is 14.0. The van der Waals surface area contributed by atoms with Gasteiger partial charge in [-0.15, -0.1) is 0 Å². The number of hydrogen-bond acceptors (Lipinski definition) is 6. The summed E-state index contributed by atoms with van der Waals surface area (Å²) in [7, 11) is 1.42. The number of ether oxygens (including phenoxy) is 2. The summed E-state index contributed by atoms with van der Waals surface area (Å²) in [6, 6.07) is 14.9. The van der Waals surface area contributed by atoms with E-state index in [0.717, 1.165) is 22.3 Å². The highest BCUT2D eigenvalue weighted by atomic mass is 32.2. The van der Waals surface area contributed by atoms with E-state index in [2.05, 4.69) is 17.4 Å². The maximum absolute atomic E-state index is 13.1. The van der Waals surface area contributed by atoms with Crippen LogP contribution in [0.15, 0.2) is 48.5 Å². The summed E-state index contributed by atoms with van der Waals surface area (Å²) in [6.07, 6.45) is 0.427. The molecule has 2 amide bonds. The molecule has 1 aliphatic rings. The van der Waals surface area contributed by atoms with E-state index in [-0.39, 0.29) is 19.1 Å². The Balaban J connectivity index is 1.71. The lowest BCUT2D eigenvalue weighted by Gasteiger charge is -2.29. The first kappa shape index (κ1) is 25.6. The van der Waals surface area contributed by atoms with Crippen LogP contribution in [0.25, 0.3) is 11.1 Å². The minimum atomic E-state index is -1.13. The maximum atomic E-state index is 13.1. The van der Waals surface area contributed by atoms with Gasteiger partial charge in [-0.1, -0.05) is 48.5 Å². The first-order valence-corrected chi connectivity index (χ1v) is 12.4. The molecule has 2 atom stereocenters. The third kappa shape index (κ3) is 5.90. The molecular formula is C25H30N2O6S. The van der Waals surface area contributed by atoms with E-state index in [9.17, 15) is 19.5 Å². The number of benzene rings is 2. The van der Waals surface area contributed by atoms with Crippen LogP contribution >= 0.6 is 11.8 Å². The number of carboxylic acid groups (broad SMARTS) is 1. The molecule has 0 bridgehead atoms. The number of methoxy groups -OCH3 is 1. The molecule has 182 valence electrons. The predicted molar refractivity (Wildman–Crippen MR) is 131 cm³/mol. The number of carboxylic acids is 1. The quantitative estimate of drug-likeness (QED) is 0.502. The molecule has 3 rings (SSSR count). The molecule has 9 heteroatoms. The third-order valence-corrected chi connectivity index (χ3v) is 6.52. The Morgan fingerprint density at radius 1 is 1.09 bits per heavy atom. The molecule has 0 spiro atoms. The number of alkyl carbamates (subject to hydrolysis) is 1. The van der Waals surface area contributed by atoms with Crippen molar-refractivity contribution in [3.05, 3.63) is 59.7 Å². The molecule has 0 saturated heterocycles. The Hall–Kier alpha value is -3.04. The van der Waals surface area contributed by atoms with Gasteiger partial charge in [0.25, 0.3) is 0 Å². The lowest BCUT2D eigenvalue weighted by atomic mass is 9.98. The Labute approximate surface area is 203 Å². The van der Waals surface area contributed by atoms with E-state index in [1.54, 1.807) is 6.92 Å². The highest BCUT2D eigenvalue weighted by Gasteiger charge is 2.33. The molecule has 0 radical (unpaired) electrons. The zero-order valence-corrected chi connectivity index (χ0v) is 20.3. The summed E-state index contributed by atoms with van der Waals surface area (Å²) in [5.41, 5.74) is 4.40. The van der Waals surface area contributed by atoms with E-state index < -0.39 is 36.7 Å². The topological polar surface area (TPSA) is 105 Å². The predicted octanol–water partition coefficient (Wildman–Crippen LogP) is 3.20. The van der Waals surface area contributed by atoms with Gasteiger partial charge in [-0.3, -0.25) is 9.59 Å². The number of nitrogens with zero attached hydrogens (tertiary/aromatic N) is 1. The minimum absolute atomic E-state index is 0.105. The summed E-state index contributed by atoms with van der Waals surface area (Å²) < 4.78 is 10.9. The Bertz CT molecular complexity index is 984. The van der Waals surface area contributed by atoms with Gasteiger partial charge in [0.05, 0.1) is 6.10 Å². The van der Waals surface area contributed by atoms with Crippen molar-refractivity contribution in [2.75, 3.05) is 38.8 Å². The average Bonchev–Trinajstić information content (AvgIpc) is 3.16. The van der Waals surface area contributed by atoms with Crippen LogP contribution in [0.3, 0.4) is 0 Å². The smallest absolute Gasteiger partial charge is 0.407 e. The van der Waals surface area contributed by atoms with E-state index in [0.29, 0.717) is 5.75 Å². The monoisotopic (exact) mass is 486 g/mol. The highest BCUT2D eigenvalue weighted by Crippen LogP contribution is 2.44. The number of amides is 2. The molecule has 2 aromatic carbocycles. The molecule has 0 aliphatic heterocycles. The van der Waals surface area contributed by atoms with Gasteiger partial charge in [-0.2, -0.15) is 11.8 Å². The van der Waals surface area contributed by atoms with E-state index in [1.807, 2.05) is 42.7 Å². The summed E-state index contributed by atoms with van der Waals surface area (Å²) in [5.74, 6) is -1.20.